The van der Waals surface area contributed by atoms with Crippen LogP contribution in [0.5, 0.6) is 0 Å². The topological polar surface area (TPSA) is 79.4 Å². The molecule has 0 spiro atoms. The molecule has 0 saturated carbocycles. The van der Waals surface area contributed by atoms with E-state index in [1.54, 1.807) is 54.7 Å². The number of fused-ring (bicyclic) bond motifs is 1. The van der Waals surface area contributed by atoms with Crippen LogP contribution in [0.2, 0.25) is 0 Å². The molecule has 1 heterocycles. The molecule has 3 aromatic carbocycles. The first-order valence-corrected chi connectivity index (χ1v) is 13.0. The maximum atomic E-state index is 13.2. The molecule has 33 heavy (non-hydrogen) atoms. The molecule has 8 heteroatoms. The van der Waals surface area contributed by atoms with E-state index in [0.717, 1.165) is 28.1 Å². The molecule has 0 aliphatic carbocycles. The van der Waals surface area contributed by atoms with Gasteiger partial charge in [-0.2, -0.15) is 0 Å². The first-order chi connectivity index (χ1) is 16.0. The van der Waals surface area contributed by atoms with Crippen molar-refractivity contribution in [3.8, 4) is 0 Å². The lowest BCUT2D eigenvalue weighted by atomic mass is 10.2. The zero-order chi connectivity index (χ0) is 23.3. The number of para-hydroxylation sites is 2. The molecule has 170 valence electrons. The molecule has 1 amide bonds. The maximum Gasteiger partial charge on any atom is 0.264 e. The Kier molecular flexibility index (Phi) is 7.05. The lowest BCUT2D eigenvalue weighted by molar-refractivity contribution is 0.0953. The number of carbonyl (C=O) groups is 1. The second-order valence-corrected chi connectivity index (χ2v) is 10.4. The van der Waals surface area contributed by atoms with Crippen LogP contribution in [-0.2, 0) is 16.4 Å². The minimum absolute atomic E-state index is 0.0929. The van der Waals surface area contributed by atoms with Gasteiger partial charge in [0.15, 0.2) is 0 Å². The Hall–Kier alpha value is -3.23. The summed E-state index contributed by atoms with van der Waals surface area (Å²) in [6.07, 6.45) is 1.53. The summed E-state index contributed by atoms with van der Waals surface area (Å²) in [5, 5.41) is 3.93. The first-order valence-electron chi connectivity index (χ1n) is 10.8. The number of nitrogens with one attached hydrogen (secondary N) is 1. The second-order valence-electron chi connectivity index (χ2n) is 7.47. The fourth-order valence-corrected chi connectivity index (χ4v) is 6.11. The molecule has 1 aromatic heterocycles. The van der Waals surface area contributed by atoms with Crippen LogP contribution in [0.1, 0.15) is 28.7 Å². The average molecular weight is 480 g/mol. The van der Waals surface area contributed by atoms with Crippen molar-refractivity contribution in [3.05, 3.63) is 89.4 Å². The summed E-state index contributed by atoms with van der Waals surface area (Å²) in [5.41, 5.74) is 1.90. The Morgan fingerprint density at radius 2 is 1.76 bits per heavy atom. The lowest BCUT2D eigenvalue weighted by Crippen LogP contribution is -2.31. The highest BCUT2D eigenvalue weighted by molar-refractivity contribution is 7.92. The van der Waals surface area contributed by atoms with E-state index in [0.29, 0.717) is 17.8 Å². The number of aryl methyl sites for hydroxylation is 1. The Labute approximate surface area is 198 Å². The summed E-state index contributed by atoms with van der Waals surface area (Å²) >= 11 is 1.66. The minimum Gasteiger partial charge on any atom is -0.352 e. The summed E-state index contributed by atoms with van der Waals surface area (Å²) in [4.78, 5) is 17.4. The third-order valence-electron chi connectivity index (χ3n) is 5.21. The molecule has 0 unspecified atom stereocenters. The van der Waals surface area contributed by atoms with Crippen LogP contribution in [0.25, 0.3) is 10.2 Å². The predicted octanol–water partition coefficient (Wildman–Crippen LogP) is 4.87. The zero-order valence-electron chi connectivity index (χ0n) is 18.3. The van der Waals surface area contributed by atoms with Crippen molar-refractivity contribution in [1.82, 2.24) is 10.3 Å². The number of hydrogen-bond donors (Lipinski definition) is 1. The highest BCUT2D eigenvalue weighted by Gasteiger charge is 2.24. The molecule has 0 radical (unpaired) electrons. The van der Waals surface area contributed by atoms with Crippen LogP contribution in [0.3, 0.4) is 0 Å². The van der Waals surface area contributed by atoms with E-state index in [4.69, 9.17) is 0 Å². The predicted molar refractivity (Wildman–Crippen MR) is 133 cm³/mol. The number of hydrogen-bond acceptors (Lipinski definition) is 5. The van der Waals surface area contributed by atoms with Gasteiger partial charge in [0.2, 0.25) is 0 Å². The highest BCUT2D eigenvalue weighted by Crippen LogP contribution is 2.24. The first kappa shape index (κ1) is 22.9. The van der Waals surface area contributed by atoms with E-state index in [1.165, 1.54) is 16.4 Å². The van der Waals surface area contributed by atoms with Crippen molar-refractivity contribution in [2.75, 3.05) is 17.4 Å². The lowest BCUT2D eigenvalue weighted by Gasteiger charge is -2.23. The van der Waals surface area contributed by atoms with E-state index >= 15 is 0 Å². The zero-order valence-corrected chi connectivity index (χ0v) is 19.9. The van der Waals surface area contributed by atoms with E-state index in [2.05, 4.69) is 16.4 Å². The van der Waals surface area contributed by atoms with Gasteiger partial charge in [-0.15, -0.1) is 11.3 Å². The van der Waals surface area contributed by atoms with Crippen LogP contribution in [0.4, 0.5) is 5.69 Å². The molecule has 0 fully saturated rings. The number of aromatic nitrogens is 1. The molecule has 4 aromatic rings. The Balaban J connectivity index is 1.39. The van der Waals surface area contributed by atoms with Gasteiger partial charge in [-0.25, -0.2) is 13.4 Å². The molecule has 0 saturated heterocycles. The fraction of sp³-hybridized carbons (Fsp3) is 0.200. The average Bonchev–Trinajstić information content (AvgIpc) is 3.26. The quantitative estimate of drug-likeness (QED) is 0.347. The van der Waals surface area contributed by atoms with Gasteiger partial charge in [0.1, 0.15) is 0 Å². The van der Waals surface area contributed by atoms with Gasteiger partial charge in [0, 0.05) is 25.1 Å². The van der Waals surface area contributed by atoms with E-state index in [-0.39, 0.29) is 17.3 Å². The van der Waals surface area contributed by atoms with Crippen LogP contribution in [-0.4, -0.2) is 32.4 Å². The van der Waals surface area contributed by atoms with E-state index in [9.17, 15) is 13.2 Å². The normalized spacial score (nSPS) is 11.4. The maximum absolute atomic E-state index is 13.2. The number of anilines is 1. The van der Waals surface area contributed by atoms with Crippen LogP contribution in [0.15, 0.2) is 83.8 Å². The van der Waals surface area contributed by atoms with Crippen LogP contribution in [0, 0.1) is 0 Å². The van der Waals surface area contributed by atoms with Crippen molar-refractivity contribution >= 4 is 43.2 Å². The number of benzene rings is 3. The highest BCUT2D eigenvalue weighted by atomic mass is 32.2. The van der Waals surface area contributed by atoms with Gasteiger partial charge in [-0.3, -0.25) is 9.10 Å². The van der Waals surface area contributed by atoms with Gasteiger partial charge in [0.05, 0.1) is 25.8 Å². The van der Waals surface area contributed by atoms with E-state index in [1.807, 2.05) is 24.3 Å². The Morgan fingerprint density at radius 3 is 2.52 bits per heavy atom. The summed E-state index contributed by atoms with van der Waals surface area (Å²) in [6.45, 7) is 2.55. The minimum atomic E-state index is -3.79. The number of amides is 1. The molecular formula is C25H25N3O3S2. The number of nitrogens with zero attached hydrogens (tertiary/aromatic N) is 2. The molecule has 0 aliphatic heterocycles. The van der Waals surface area contributed by atoms with Gasteiger partial charge in [-0.05, 0) is 55.8 Å². The molecule has 0 aliphatic rings. The van der Waals surface area contributed by atoms with Crippen LogP contribution >= 0.6 is 11.3 Å². The smallest absolute Gasteiger partial charge is 0.264 e. The summed E-state index contributed by atoms with van der Waals surface area (Å²) in [7, 11) is -3.79. The molecular weight excluding hydrogens is 454 g/mol. The monoisotopic (exact) mass is 479 g/mol. The van der Waals surface area contributed by atoms with Crippen molar-refractivity contribution in [2.45, 2.75) is 24.7 Å². The van der Waals surface area contributed by atoms with Crippen molar-refractivity contribution in [2.24, 2.45) is 0 Å². The fourth-order valence-electron chi connectivity index (χ4n) is 3.58. The van der Waals surface area contributed by atoms with Gasteiger partial charge in [0.25, 0.3) is 15.9 Å². The molecule has 0 atom stereocenters. The molecule has 4 rings (SSSR count). The van der Waals surface area contributed by atoms with Crippen molar-refractivity contribution < 1.29 is 13.2 Å². The SMILES string of the molecule is CCN(c1ccccc1)S(=O)(=O)c1cccc(C(=O)NCCCc2nc3ccccc3s2)c1. The standard InChI is InChI=1S/C25H25N3O3S2/c1-2-28(20-11-4-3-5-12-20)33(30,31)21-13-8-10-19(18-21)25(29)26-17-9-16-24-27-22-14-6-7-15-23(22)32-24/h3-8,10-15,18H,2,9,16-17H2,1H3,(H,26,29). The van der Waals surface area contributed by atoms with Crippen molar-refractivity contribution in [1.29, 1.82) is 0 Å². The molecule has 0 bridgehead atoms. The van der Waals surface area contributed by atoms with E-state index < -0.39 is 10.0 Å². The van der Waals surface area contributed by atoms with Gasteiger partial charge < -0.3 is 5.32 Å². The number of rotatable bonds is 9. The number of carbonyl (C=O) groups excluding carboxylic acids is 1. The summed E-state index contributed by atoms with van der Waals surface area (Å²) in [5.74, 6) is -0.292. The largest absolute Gasteiger partial charge is 0.352 e. The van der Waals surface area contributed by atoms with Gasteiger partial charge in [-0.1, -0.05) is 36.4 Å². The Bertz CT molecular complexity index is 1320. The second kappa shape index (κ2) is 10.1. The van der Waals surface area contributed by atoms with Gasteiger partial charge >= 0.3 is 0 Å². The third-order valence-corrected chi connectivity index (χ3v) is 8.20. The number of sulfonamides is 1. The third kappa shape index (κ3) is 5.23. The van der Waals surface area contributed by atoms with Crippen LogP contribution < -0.4 is 9.62 Å². The molecule has 1 N–H and O–H groups in total. The Morgan fingerprint density at radius 1 is 1.00 bits per heavy atom. The number of thiazole rings is 1. The summed E-state index contributed by atoms with van der Waals surface area (Å²) in [6, 6.07) is 23.1. The van der Waals surface area contributed by atoms with Crippen molar-refractivity contribution in [3.63, 3.8) is 0 Å². The molecule has 6 nitrogen and oxygen atoms in total. The summed E-state index contributed by atoms with van der Waals surface area (Å²) < 4.78 is 28.9.